The lowest BCUT2D eigenvalue weighted by molar-refractivity contribution is 0.102. The maximum absolute atomic E-state index is 11.6. The molecule has 0 aliphatic heterocycles. The van der Waals surface area contributed by atoms with E-state index < -0.39 is 0 Å². The lowest BCUT2D eigenvalue weighted by Gasteiger charge is -2.01. The van der Waals surface area contributed by atoms with Gasteiger partial charge in [0.25, 0.3) is 5.91 Å². The Balaban J connectivity index is 2.15. The van der Waals surface area contributed by atoms with Crippen LogP contribution in [-0.4, -0.2) is 15.9 Å². The van der Waals surface area contributed by atoms with Crippen molar-refractivity contribution < 1.29 is 9.21 Å². The van der Waals surface area contributed by atoms with Crippen LogP contribution in [0.3, 0.4) is 0 Å². The van der Waals surface area contributed by atoms with Crippen molar-refractivity contribution in [2.75, 3.05) is 5.32 Å². The van der Waals surface area contributed by atoms with Crippen molar-refractivity contribution in [3.63, 3.8) is 0 Å². The Morgan fingerprint density at radius 3 is 2.73 bits per heavy atom. The summed E-state index contributed by atoms with van der Waals surface area (Å²) in [4.78, 5) is 19.1. The van der Waals surface area contributed by atoms with Crippen LogP contribution in [0.25, 0.3) is 0 Å². The van der Waals surface area contributed by atoms with Gasteiger partial charge in [0, 0.05) is 0 Å². The van der Waals surface area contributed by atoms with Crippen molar-refractivity contribution in [2.24, 2.45) is 0 Å². The van der Waals surface area contributed by atoms with E-state index in [0.29, 0.717) is 5.69 Å². The zero-order valence-electron chi connectivity index (χ0n) is 7.48. The van der Waals surface area contributed by atoms with E-state index in [0.717, 1.165) is 0 Å². The van der Waals surface area contributed by atoms with Gasteiger partial charge in [-0.05, 0) is 17.7 Å². The number of hydrogen-bond acceptors (Lipinski definition) is 4. The van der Waals surface area contributed by atoms with Gasteiger partial charge in [-0.1, -0.05) is 0 Å². The topological polar surface area (TPSA) is 68.0 Å². The van der Waals surface area contributed by atoms with Gasteiger partial charge >= 0.3 is 0 Å². The van der Waals surface area contributed by atoms with Gasteiger partial charge < -0.3 is 9.73 Å². The summed E-state index contributed by atoms with van der Waals surface area (Å²) < 4.78 is 4.80. The second kappa shape index (κ2) is 4.10. The monoisotopic (exact) mass is 223 g/mol. The maximum Gasteiger partial charge on any atom is 0.260 e. The number of aromatic nitrogens is 2. The third kappa shape index (κ3) is 2.13. The van der Waals surface area contributed by atoms with Crippen LogP contribution in [0.15, 0.2) is 35.5 Å². The molecule has 1 N–H and O–H groups in total. The molecule has 0 aliphatic rings. The molecule has 15 heavy (non-hydrogen) atoms. The second-order valence-corrected chi connectivity index (χ2v) is 3.03. The first-order chi connectivity index (χ1) is 7.27. The highest BCUT2D eigenvalue weighted by Crippen LogP contribution is 2.17. The summed E-state index contributed by atoms with van der Waals surface area (Å²) in [5, 5.41) is 2.64. The third-order valence-electron chi connectivity index (χ3n) is 1.68. The molecule has 0 saturated carbocycles. The molecule has 0 radical (unpaired) electrons. The first-order valence-corrected chi connectivity index (χ1v) is 4.44. The van der Waals surface area contributed by atoms with Gasteiger partial charge in [-0.3, -0.25) is 4.79 Å². The van der Waals surface area contributed by atoms with Crippen LogP contribution >= 0.6 is 11.6 Å². The van der Waals surface area contributed by atoms with E-state index >= 15 is 0 Å². The molecule has 0 bridgehead atoms. The van der Waals surface area contributed by atoms with Crippen LogP contribution in [0.4, 0.5) is 5.69 Å². The summed E-state index contributed by atoms with van der Waals surface area (Å²) >= 11 is 5.64. The molecule has 0 aliphatic carbocycles. The van der Waals surface area contributed by atoms with E-state index in [1.165, 1.54) is 31.1 Å². The van der Waals surface area contributed by atoms with E-state index in [-0.39, 0.29) is 16.7 Å². The molecule has 0 saturated heterocycles. The molecule has 0 spiro atoms. The molecule has 0 unspecified atom stereocenters. The second-order valence-electron chi connectivity index (χ2n) is 2.69. The molecule has 1 amide bonds. The highest BCUT2D eigenvalue weighted by atomic mass is 35.5. The molecule has 0 fully saturated rings. The van der Waals surface area contributed by atoms with Gasteiger partial charge in [0.1, 0.15) is 6.33 Å². The lowest BCUT2D eigenvalue weighted by atomic mass is 10.3. The smallest absolute Gasteiger partial charge is 0.260 e. The minimum atomic E-state index is -0.358. The maximum atomic E-state index is 11.6. The Labute approximate surface area is 90.1 Å². The number of carbonyl (C=O) groups is 1. The number of nitrogens with one attached hydrogen (secondary N) is 1. The quantitative estimate of drug-likeness (QED) is 0.845. The van der Waals surface area contributed by atoms with E-state index in [1.807, 2.05) is 0 Å². The van der Waals surface area contributed by atoms with Crippen LogP contribution in [-0.2, 0) is 0 Å². The minimum Gasteiger partial charge on any atom is -0.452 e. The SMILES string of the molecule is O=C(Nc1cncnc1)c1ccoc1Cl. The Kier molecular flexibility index (Phi) is 2.64. The average Bonchev–Trinajstić information content (AvgIpc) is 2.66. The summed E-state index contributed by atoms with van der Waals surface area (Å²) in [7, 11) is 0. The summed E-state index contributed by atoms with van der Waals surface area (Å²) in [6.07, 6.45) is 5.69. The summed E-state index contributed by atoms with van der Waals surface area (Å²) in [6.45, 7) is 0. The van der Waals surface area contributed by atoms with Crippen LogP contribution in [0.1, 0.15) is 10.4 Å². The fraction of sp³-hybridized carbons (Fsp3) is 0. The van der Waals surface area contributed by atoms with Crippen LogP contribution in [0, 0.1) is 0 Å². The first-order valence-electron chi connectivity index (χ1n) is 4.07. The number of furan rings is 1. The summed E-state index contributed by atoms with van der Waals surface area (Å²) in [6, 6.07) is 1.49. The molecule has 5 nitrogen and oxygen atoms in total. The van der Waals surface area contributed by atoms with Crippen molar-refractivity contribution in [3.05, 3.63) is 41.8 Å². The number of hydrogen-bond donors (Lipinski definition) is 1. The zero-order chi connectivity index (χ0) is 10.7. The number of anilines is 1. The first kappa shape index (κ1) is 9.67. The Morgan fingerprint density at radius 2 is 2.13 bits per heavy atom. The van der Waals surface area contributed by atoms with Gasteiger partial charge in [0.05, 0.1) is 29.9 Å². The van der Waals surface area contributed by atoms with Gasteiger partial charge in [0.2, 0.25) is 5.22 Å². The van der Waals surface area contributed by atoms with Gasteiger partial charge in [0.15, 0.2) is 0 Å². The Hall–Kier alpha value is -1.88. The van der Waals surface area contributed by atoms with Crippen LogP contribution < -0.4 is 5.32 Å². The normalized spacial score (nSPS) is 9.93. The van der Waals surface area contributed by atoms with Crippen LogP contribution in [0.2, 0.25) is 5.22 Å². The number of nitrogens with zero attached hydrogens (tertiary/aromatic N) is 2. The largest absolute Gasteiger partial charge is 0.452 e. The predicted octanol–water partition coefficient (Wildman–Crippen LogP) is 1.98. The zero-order valence-corrected chi connectivity index (χ0v) is 8.23. The molecular weight excluding hydrogens is 218 g/mol. The third-order valence-corrected chi connectivity index (χ3v) is 1.97. The molecule has 76 valence electrons. The fourth-order valence-corrected chi connectivity index (χ4v) is 1.22. The van der Waals surface area contributed by atoms with E-state index in [2.05, 4.69) is 15.3 Å². The molecule has 2 rings (SSSR count). The van der Waals surface area contributed by atoms with Crippen molar-refractivity contribution in [3.8, 4) is 0 Å². The summed E-state index contributed by atoms with van der Waals surface area (Å²) in [5.41, 5.74) is 0.778. The standard InChI is InChI=1S/C9H6ClN3O2/c10-8-7(1-2-15-8)9(14)13-6-3-11-5-12-4-6/h1-5H,(H,13,14). The van der Waals surface area contributed by atoms with E-state index in [4.69, 9.17) is 16.0 Å². The van der Waals surface area contributed by atoms with Crippen LogP contribution in [0.5, 0.6) is 0 Å². The Morgan fingerprint density at radius 1 is 1.40 bits per heavy atom. The molecule has 0 aromatic carbocycles. The molecule has 6 heteroatoms. The number of amides is 1. The molecule has 2 aromatic heterocycles. The van der Waals surface area contributed by atoms with Crippen molar-refractivity contribution in [2.45, 2.75) is 0 Å². The highest BCUT2D eigenvalue weighted by Gasteiger charge is 2.12. The van der Waals surface area contributed by atoms with E-state index in [9.17, 15) is 4.79 Å². The van der Waals surface area contributed by atoms with Gasteiger partial charge in [-0.2, -0.15) is 0 Å². The summed E-state index contributed by atoms with van der Waals surface area (Å²) in [5.74, 6) is -0.358. The molecule has 2 aromatic rings. The van der Waals surface area contributed by atoms with Crippen molar-refractivity contribution >= 4 is 23.2 Å². The Bertz CT molecular complexity index is 469. The highest BCUT2D eigenvalue weighted by molar-refractivity contribution is 6.32. The minimum absolute atomic E-state index is 0.0596. The van der Waals surface area contributed by atoms with E-state index in [1.54, 1.807) is 0 Å². The molecule has 2 heterocycles. The fourth-order valence-electron chi connectivity index (χ4n) is 1.02. The van der Waals surface area contributed by atoms with Crippen molar-refractivity contribution in [1.82, 2.24) is 9.97 Å². The lowest BCUT2D eigenvalue weighted by Crippen LogP contribution is -2.11. The molecule has 0 atom stereocenters. The predicted molar refractivity (Wildman–Crippen MR) is 53.7 cm³/mol. The average molecular weight is 224 g/mol. The van der Waals surface area contributed by atoms with Crippen molar-refractivity contribution in [1.29, 1.82) is 0 Å². The van der Waals surface area contributed by atoms with Gasteiger partial charge in [-0.25, -0.2) is 9.97 Å². The number of halogens is 1. The number of carbonyl (C=O) groups excluding carboxylic acids is 1. The number of rotatable bonds is 2. The molecular formula is C9H6ClN3O2. The van der Waals surface area contributed by atoms with Gasteiger partial charge in [-0.15, -0.1) is 0 Å².